The Morgan fingerprint density at radius 3 is 2.82 bits per heavy atom. The van der Waals surface area contributed by atoms with Gasteiger partial charge in [0.1, 0.15) is 0 Å². The van der Waals surface area contributed by atoms with E-state index in [1.54, 1.807) is 6.20 Å². The van der Waals surface area contributed by atoms with E-state index < -0.39 is 0 Å². The molecule has 0 fully saturated rings. The maximum Gasteiger partial charge on any atom is 0.220 e. The van der Waals surface area contributed by atoms with Crippen molar-refractivity contribution in [3.05, 3.63) is 30.1 Å². The maximum atomic E-state index is 11.7. The quantitative estimate of drug-likeness (QED) is 0.599. The zero-order chi connectivity index (χ0) is 16.0. The number of nitrogens with zero attached hydrogens (tertiary/aromatic N) is 2. The molecule has 0 unspecified atom stereocenters. The molecule has 1 rings (SSSR count). The van der Waals surface area contributed by atoms with Crippen molar-refractivity contribution in [1.29, 1.82) is 0 Å². The molecular formula is C17H29N3O2. The molecule has 0 aliphatic rings. The maximum absolute atomic E-state index is 11.7. The molecular weight excluding hydrogens is 278 g/mol. The molecule has 0 saturated heterocycles. The molecule has 0 bridgehead atoms. The molecule has 0 saturated carbocycles. The van der Waals surface area contributed by atoms with Crippen LogP contribution in [0.1, 0.15) is 32.3 Å². The highest BCUT2D eigenvalue weighted by atomic mass is 16.5. The summed E-state index contributed by atoms with van der Waals surface area (Å²) in [7, 11) is 0. The Morgan fingerprint density at radius 1 is 1.32 bits per heavy atom. The molecule has 0 aliphatic heterocycles. The van der Waals surface area contributed by atoms with Gasteiger partial charge in [-0.1, -0.05) is 19.9 Å². The molecule has 1 aromatic rings. The molecule has 0 aliphatic carbocycles. The average Bonchev–Trinajstić information content (AvgIpc) is 2.55. The number of amides is 1. The minimum Gasteiger partial charge on any atom is -0.378 e. The number of carbonyl (C=O) groups is 1. The first kappa shape index (κ1) is 18.6. The summed E-state index contributed by atoms with van der Waals surface area (Å²) < 4.78 is 5.53. The zero-order valence-electron chi connectivity index (χ0n) is 13.9. The number of hydrogen-bond donors (Lipinski definition) is 1. The second-order valence-corrected chi connectivity index (χ2v) is 5.20. The number of nitrogens with one attached hydrogen (secondary N) is 1. The van der Waals surface area contributed by atoms with Gasteiger partial charge in [-0.05, 0) is 37.6 Å². The summed E-state index contributed by atoms with van der Waals surface area (Å²) in [6, 6.07) is 3.96. The van der Waals surface area contributed by atoms with Crippen LogP contribution >= 0.6 is 0 Å². The van der Waals surface area contributed by atoms with Crippen LogP contribution < -0.4 is 5.32 Å². The molecule has 1 aromatic heterocycles. The van der Waals surface area contributed by atoms with Crippen LogP contribution in [0.3, 0.4) is 0 Å². The smallest absolute Gasteiger partial charge is 0.220 e. The fourth-order valence-electron chi connectivity index (χ4n) is 2.19. The van der Waals surface area contributed by atoms with Crippen LogP contribution in [0.5, 0.6) is 0 Å². The first-order valence-electron chi connectivity index (χ1n) is 8.22. The summed E-state index contributed by atoms with van der Waals surface area (Å²) >= 11 is 0. The molecule has 22 heavy (non-hydrogen) atoms. The number of likely N-dealkylation sites (N-methyl/N-ethyl adjacent to an activating group) is 1. The Hall–Kier alpha value is -1.46. The predicted molar refractivity (Wildman–Crippen MR) is 88.8 cm³/mol. The van der Waals surface area contributed by atoms with Crippen molar-refractivity contribution in [2.75, 3.05) is 39.4 Å². The largest absolute Gasteiger partial charge is 0.378 e. The molecule has 1 heterocycles. The van der Waals surface area contributed by atoms with Gasteiger partial charge < -0.3 is 15.0 Å². The molecule has 1 amide bonds. The summed E-state index contributed by atoms with van der Waals surface area (Å²) in [5.74, 6) is 0.0937. The normalized spacial score (nSPS) is 10.9. The van der Waals surface area contributed by atoms with Gasteiger partial charge in [0, 0.05) is 31.9 Å². The third kappa shape index (κ3) is 8.74. The molecule has 0 atom stereocenters. The van der Waals surface area contributed by atoms with Gasteiger partial charge in [-0.2, -0.15) is 0 Å². The summed E-state index contributed by atoms with van der Waals surface area (Å²) in [5, 5.41) is 2.89. The van der Waals surface area contributed by atoms with Crippen molar-refractivity contribution < 1.29 is 9.53 Å². The van der Waals surface area contributed by atoms with Gasteiger partial charge in [0.25, 0.3) is 0 Å². The molecule has 5 heteroatoms. The van der Waals surface area contributed by atoms with Crippen LogP contribution in [0.15, 0.2) is 24.5 Å². The molecule has 0 aromatic carbocycles. The summed E-state index contributed by atoms with van der Waals surface area (Å²) in [6.07, 6.45) is 5.90. The van der Waals surface area contributed by atoms with E-state index >= 15 is 0 Å². The van der Waals surface area contributed by atoms with Crippen LogP contribution in [0.25, 0.3) is 0 Å². The fraction of sp³-hybridized carbons (Fsp3) is 0.647. The summed E-state index contributed by atoms with van der Waals surface area (Å²) in [5.41, 5.74) is 1.18. The first-order valence-corrected chi connectivity index (χ1v) is 8.22. The summed E-state index contributed by atoms with van der Waals surface area (Å²) in [6.45, 7) is 9.23. The predicted octanol–water partition coefficient (Wildman–Crippen LogP) is 1.88. The number of hydrogen-bond acceptors (Lipinski definition) is 4. The lowest BCUT2D eigenvalue weighted by Gasteiger charge is -2.17. The van der Waals surface area contributed by atoms with Crippen LogP contribution in [0, 0.1) is 0 Å². The van der Waals surface area contributed by atoms with Crippen molar-refractivity contribution in [2.24, 2.45) is 0 Å². The highest BCUT2D eigenvalue weighted by Crippen LogP contribution is 2.02. The SMILES string of the molecule is CCN(CC)CCOCCNC(=O)CCCc1cccnc1. The van der Waals surface area contributed by atoms with Crippen molar-refractivity contribution in [2.45, 2.75) is 33.1 Å². The Balaban J connectivity index is 1.95. The molecule has 0 spiro atoms. The van der Waals surface area contributed by atoms with E-state index in [2.05, 4.69) is 29.0 Å². The van der Waals surface area contributed by atoms with Gasteiger partial charge in [0.05, 0.1) is 13.2 Å². The van der Waals surface area contributed by atoms with Gasteiger partial charge in [-0.15, -0.1) is 0 Å². The van der Waals surface area contributed by atoms with Crippen molar-refractivity contribution in [3.8, 4) is 0 Å². The van der Waals surface area contributed by atoms with Gasteiger partial charge in [0.15, 0.2) is 0 Å². The third-order valence-electron chi connectivity index (χ3n) is 3.61. The molecule has 124 valence electrons. The lowest BCUT2D eigenvalue weighted by Crippen LogP contribution is -2.30. The second kappa shape index (κ2) is 12.1. The Kier molecular flexibility index (Phi) is 10.2. The van der Waals surface area contributed by atoms with E-state index in [-0.39, 0.29) is 5.91 Å². The number of ether oxygens (including phenoxy) is 1. The minimum atomic E-state index is 0.0937. The lowest BCUT2D eigenvalue weighted by molar-refractivity contribution is -0.121. The Labute approximate surface area is 134 Å². The molecule has 1 N–H and O–H groups in total. The standard InChI is InChI=1S/C17H29N3O2/c1-3-20(4-2)12-14-22-13-11-19-17(21)9-5-7-16-8-6-10-18-15-16/h6,8,10,15H,3-5,7,9,11-14H2,1-2H3,(H,19,21). The van der Waals surface area contributed by atoms with Crippen molar-refractivity contribution in [1.82, 2.24) is 15.2 Å². The van der Waals surface area contributed by atoms with Gasteiger partial charge in [-0.25, -0.2) is 0 Å². The molecule has 0 radical (unpaired) electrons. The van der Waals surface area contributed by atoms with E-state index in [1.165, 1.54) is 5.56 Å². The fourth-order valence-corrected chi connectivity index (χ4v) is 2.19. The van der Waals surface area contributed by atoms with Crippen LogP contribution in [0.4, 0.5) is 0 Å². The van der Waals surface area contributed by atoms with E-state index in [4.69, 9.17) is 4.74 Å². The lowest BCUT2D eigenvalue weighted by atomic mass is 10.1. The monoisotopic (exact) mass is 307 g/mol. The Bertz CT molecular complexity index is 394. The number of carbonyl (C=O) groups excluding carboxylic acids is 1. The van der Waals surface area contributed by atoms with E-state index in [1.807, 2.05) is 18.3 Å². The van der Waals surface area contributed by atoms with Gasteiger partial charge >= 0.3 is 0 Å². The van der Waals surface area contributed by atoms with E-state index in [9.17, 15) is 4.79 Å². The van der Waals surface area contributed by atoms with Crippen LogP contribution in [0.2, 0.25) is 0 Å². The van der Waals surface area contributed by atoms with E-state index in [0.29, 0.717) is 19.6 Å². The average molecular weight is 307 g/mol. The van der Waals surface area contributed by atoms with Crippen LogP contribution in [-0.4, -0.2) is 55.2 Å². The Morgan fingerprint density at radius 2 is 2.14 bits per heavy atom. The third-order valence-corrected chi connectivity index (χ3v) is 3.61. The minimum absolute atomic E-state index is 0.0937. The number of aromatic nitrogens is 1. The van der Waals surface area contributed by atoms with Gasteiger partial charge in [0.2, 0.25) is 5.91 Å². The summed E-state index contributed by atoms with van der Waals surface area (Å²) in [4.78, 5) is 18.1. The van der Waals surface area contributed by atoms with Crippen molar-refractivity contribution >= 4 is 5.91 Å². The van der Waals surface area contributed by atoms with Crippen LogP contribution in [-0.2, 0) is 16.0 Å². The first-order chi connectivity index (χ1) is 10.8. The van der Waals surface area contributed by atoms with Gasteiger partial charge in [-0.3, -0.25) is 9.78 Å². The zero-order valence-corrected chi connectivity index (χ0v) is 13.9. The van der Waals surface area contributed by atoms with Crippen molar-refractivity contribution in [3.63, 3.8) is 0 Å². The van der Waals surface area contributed by atoms with E-state index in [0.717, 1.165) is 39.1 Å². The second-order valence-electron chi connectivity index (χ2n) is 5.20. The topological polar surface area (TPSA) is 54.5 Å². The number of rotatable bonds is 12. The number of aryl methyl sites for hydroxylation is 1. The highest BCUT2D eigenvalue weighted by Gasteiger charge is 2.02. The molecule has 5 nitrogen and oxygen atoms in total. The highest BCUT2D eigenvalue weighted by molar-refractivity contribution is 5.75. The number of pyridine rings is 1.